The molecule has 0 saturated heterocycles. The lowest BCUT2D eigenvalue weighted by Crippen LogP contribution is -2.39. The van der Waals surface area contributed by atoms with Crippen molar-refractivity contribution < 1.29 is 9.53 Å². The number of alkyl carbamates (subject to hydrolysis) is 1. The van der Waals surface area contributed by atoms with Crippen molar-refractivity contribution in [2.24, 2.45) is 5.41 Å². The molecule has 1 heterocycles. The summed E-state index contributed by atoms with van der Waals surface area (Å²) in [6.45, 7) is 15.9. The molecule has 0 bridgehead atoms. The molecule has 1 aliphatic rings. The van der Waals surface area contributed by atoms with Crippen LogP contribution in [0.3, 0.4) is 0 Å². The van der Waals surface area contributed by atoms with Crippen LogP contribution >= 0.6 is 0 Å². The number of ether oxygens (including phenoxy) is 1. The lowest BCUT2D eigenvalue weighted by atomic mass is 9.83. The summed E-state index contributed by atoms with van der Waals surface area (Å²) >= 11 is 0. The van der Waals surface area contributed by atoms with E-state index < -0.39 is 5.60 Å². The zero-order chi connectivity index (χ0) is 15.4. The molecule has 0 aromatic rings. The summed E-state index contributed by atoms with van der Waals surface area (Å²) in [6.07, 6.45) is 3.12. The lowest BCUT2D eigenvalue weighted by Gasteiger charge is -2.32. The normalized spacial score (nSPS) is 17.6. The first-order valence-corrected chi connectivity index (χ1v) is 7.47. The van der Waals surface area contributed by atoms with Gasteiger partial charge in [0.2, 0.25) is 0 Å². The van der Waals surface area contributed by atoms with Gasteiger partial charge in [-0.25, -0.2) is 4.79 Å². The SMILES string of the molecule is CC(C)(C)OC(=O)NCCN1CC=C(C(C)(C)C)CC1. The second-order valence-corrected chi connectivity index (χ2v) is 7.46. The number of nitrogens with one attached hydrogen (secondary N) is 1. The molecule has 0 fully saturated rings. The van der Waals surface area contributed by atoms with E-state index in [1.54, 1.807) is 0 Å². The van der Waals surface area contributed by atoms with Crippen LogP contribution in [0.5, 0.6) is 0 Å². The maximum absolute atomic E-state index is 11.5. The fourth-order valence-electron chi connectivity index (χ4n) is 2.23. The minimum Gasteiger partial charge on any atom is -0.444 e. The van der Waals surface area contributed by atoms with Crippen LogP contribution in [0.1, 0.15) is 48.0 Å². The van der Waals surface area contributed by atoms with Gasteiger partial charge < -0.3 is 10.1 Å². The van der Waals surface area contributed by atoms with E-state index >= 15 is 0 Å². The predicted octanol–water partition coefficient (Wildman–Crippen LogP) is 3.19. The first-order chi connectivity index (χ1) is 9.08. The van der Waals surface area contributed by atoms with E-state index in [1.165, 1.54) is 5.57 Å². The predicted molar refractivity (Wildman–Crippen MR) is 82.8 cm³/mol. The summed E-state index contributed by atoms with van der Waals surface area (Å²) in [4.78, 5) is 13.9. The zero-order valence-electron chi connectivity index (χ0n) is 13.9. The van der Waals surface area contributed by atoms with Crippen molar-refractivity contribution in [1.29, 1.82) is 0 Å². The summed E-state index contributed by atoms with van der Waals surface area (Å²) < 4.78 is 5.21. The van der Waals surface area contributed by atoms with Crippen molar-refractivity contribution in [3.05, 3.63) is 11.6 Å². The number of amides is 1. The van der Waals surface area contributed by atoms with Gasteiger partial charge in [-0.05, 0) is 32.6 Å². The second kappa shape index (κ2) is 6.61. The van der Waals surface area contributed by atoms with E-state index in [2.05, 4.69) is 37.1 Å². The van der Waals surface area contributed by atoms with Gasteiger partial charge in [0, 0.05) is 26.2 Å². The first-order valence-electron chi connectivity index (χ1n) is 7.47. The van der Waals surface area contributed by atoms with Gasteiger partial charge in [0.25, 0.3) is 0 Å². The number of nitrogens with zero attached hydrogens (tertiary/aromatic N) is 1. The molecule has 0 unspecified atom stereocenters. The Morgan fingerprint density at radius 3 is 2.40 bits per heavy atom. The van der Waals surface area contributed by atoms with Crippen molar-refractivity contribution in [2.45, 2.75) is 53.6 Å². The largest absolute Gasteiger partial charge is 0.444 e. The molecule has 0 aliphatic carbocycles. The van der Waals surface area contributed by atoms with Crippen molar-refractivity contribution in [1.82, 2.24) is 10.2 Å². The van der Waals surface area contributed by atoms with Crippen molar-refractivity contribution in [2.75, 3.05) is 26.2 Å². The van der Waals surface area contributed by atoms with Crippen LogP contribution in [-0.2, 0) is 4.74 Å². The molecule has 4 heteroatoms. The van der Waals surface area contributed by atoms with Crippen molar-refractivity contribution in [3.63, 3.8) is 0 Å². The van der Waals surface area contributed by atoms with Crippen LogP contribution in [0.25, 0.3) is 0 Å². The molecule has 4 nitrogen and oxygen atoms in total. The van der Waals surface area contributed by atoms with E-state index in [0.29, 0.717) is 6.54 Å². The Labute approximate surface area is 123 Å². The number of carbonyl (C=O) groups excluding carboxylic acids is 1. The Morgan fingerprint density at radius 2 is 1.95 bits per heavy atom. The molecule has 0 aromatic heterocycles. The third-order valence-electron chi connectivity index (χ3n) is 3.35. The summed E-state index contributed by atoms with van der Waals surface area (Å²) in [5, 5.41) is 2.80. The van der Waals surface area contributed by atoms with Gasteiger partial charge in [-0.1, -0.05) is 32.4 Å². The molecule has 1 aliphatic heterocycles. The third-order valence-corrected chi connectivity index (χ3v) is 3.35. The quantitative estimate of drug-likeness (QED) is 0.808. The van der Waals surface area contributed by atoms with Crippen LogP contribution in [0, 0.1) is 5.41 Å². The van der Waals surface area contributed by atoms with E-state index in [9.17, 15) is 4.79 Å². The van der Waals surface area contributed by atoms with Crippen molar-refractivity contribution >= 4 is 6.09 Å². The molecule has 0 spiro atoms. The van der Waals surface area contributed by atoms with Gasteiger partial charge in [0.1, 0.15) is 5.60 Å². The zero-order valence-corrected chi connectivity index (χ0v) is 13.9. The standard InChI is InChI=1S/C16H30N2O2/c1-15(2,3)13-7-10-18(11-8-13)12-9-17-14(19)20-16(4,5)6/h7H,8-12H2,1-6H3,(H,17,19). The van der Waals surface area contributed by atoms with Crippen LogP contribution < -0.4 is 5.32 Å². The lowest BCUT2D eigenvalue weighted by molar-refractivity contribution is 0.0522. The monoisotopic (exact) mass is 282 g/mol. The van der Waals surface area contributed by atoms with Crippen molar-refractivity contribution in [3.8, 4) is 0 Å². The Hall–Kier alpha value is -1.03. The molecule has 1 rings (SSSR count). The number of hydrogen-bond acceptors (Lipinski definition) is 3. The highest BCUT2D eigenvalue weighted by Gasteiger charge is 2.21. The fourth-order valence-corrected chi connectivity index (χ4v) is 2.23. The van der Waals surface area contributed by atoms with E-state index in [1.807, 2.05) is 20.8 Å². The highest BCUT2D eigenvalue weighted by atomic mass is 16.6. The molecule has 116 valence electrons. The van der Waals surface area contributed by atoms with E-state index in [-0.39, 0.29) is 11.5 Å². The average Bonchev–Trinajstić information content (AvgIpc) is 2.26. The molecule has 0 atom stereocenters. The highest BCUT2D eigenvalue weighted by Crippen LogP contribution is 2.29. The Balaban J connectivity index is 2.26. The van der Waals surface area contributed by atoms with Gasteiger partial charge in [0.05, 0.1) is 0 Å². The third kappa shape index (κ3) is 6.42. The van der Waals surface area contributed by atoms with Crippen LogP contribution in [0.4, 0.5) is 4.79 Å². The van der Waals surface area contributed by atoms with Gasteiger partial charge >= 0.3 is 6.09 Å². The topological polar surface area (TPSA) is 41.6 Å². The van der Waals surface area contributed by atoms with Crippen LogP contribution in [0.2, 0.25) is 0 Å². The number of hydrogen-bond donors (Lipinski definition) is 1. The Kier molecular flexibility index (Phi) is 5.63. The summed E-state index contributed by atoms with van der Waals surface area (Å²) in [5.74, 6) is 0. The summed E-state index contributed by atoms with van der Waals surface area (Å²) in [6, 6.07) is 0. The minimum atomic E-state index is -0.431. The molecular formula is C16H30N2O2. The maximum atomic E-state index is 11.5. The highest BCUT2D eigenvalue weighted by molar-refractivity contribution is 5.67. The van der Waals surface area contributed by atoms with Crippen LogP contribution in [0.15, 0.2) is 11.6 Å². The molecule has 0 radical (unpaired) electrons. The Morgan fingerprint density at radius 1 is 1.30 bits per heavy atom. The van der Waals surface area contributed by atoms with Crippen LogP contribution in [-0.4, -0.2) is 42.8 Å². The number of rotatable bonds is 3. The molecule has 0 aromatic carbocycles. The molecule has 1 amide bonds. The second-order valence-electron chi connectivity index (χ2n) is 7.46. The summed E-state index contributed by atoms with van der Waals surface area (Å²) in [7, 11) is 0. The average molecular weight is 282 g/mol. The molecule has 20 heavy (non-hydrogen) atoms. The fraction of sp³-hybridized carbons (Fsp3) is 0.812. The summed E-state index contributed by atoms with van der Waals surface area (Å²) in [5.41, 5.74) is 1.38. The smallest absolute Gasteiger partial charge is 0.407 e. The first kappa shape index (κ1) is 17.0. The van der Waals surface area contributed by atoms with Gasteiger partial charge in [-0.15, -0.1) is 0 Å². The van der Waals surface area contributed by atoms with E-state index in [0.717, 1.165) is 26.1 Å². The number of carbonyl (C=O) groups is 1. The Bertz CT molecular complexity index is 362. The van der Waals surface area contributed by atoms with Gasteiger partial charge in [-0.2, -0.15) is 0 Å². The molecular weight excluding hydrogens is 252 g/mol. The van der Waals surface area contributed by atoms with Gasteiger partial charge in [0.15, 0.2) is 0 Å². The molecule has 1 N–H and O–H groups in total. The maximum Gasteiger partial charge on any atom is 0.407 e. The van der Waals surface area contributed by atoms with E-state index in [4.69, 9.17) is 4.74 Å². The minimum absolute atomic E-state index is 0.279. The van der Waals surface area contributed by atoms with Gasteiger partial charge in [-0.3, -0.25) is 4.90 Å². The molecule has 0 saturated carbocycles.